The molecule has 0 aliphatic carbocycles. The van der Waals surface area contributed by atoms with Gasteiger partial charge in [-0.05, 0) is 29.5 Å². The van der Waals surface area contributed by atoms with Crippen molar-refractivity contribution in [2.24, 2.45) is 0 Å². The van der Waals surface area contributed by atoms with E-state index in [0.717, 1.165) is 5.56 Å². The fourth-order valence-corrected chi connectivity index (χ4v) is 3.11. The molecule has 27 heavy (non-hydrogen) atoms. The summed E-state index contributed by atoms with van der Waals surface area (Å²) >= 11 is 0. The average Bonchev–Trinajstić information content (AvgIpc) is 2.66. The normalized spacial score (nSPS) is 10.7. The smallest absolute Gasteiger partial charge is 0.206 e. The topological polar surface area (TPSA) is 0 Å². The molecule has 0 radical (unpaired) electrons. The molecular formula is C23H14F3Rb. The zero-order valence-electron chi connectivity index (χ0n) is 15.0. The van der Waals surface area contributed by atoms with E-state index in [1.54, 1.807) is 48.5 Å². The van der Waals surface area contributed by atoms with Crippen molar-refractivity contribution in [3.8, 4) is 22.3 Å². The van der Waals surface area contributed by atoms with Crippen LogP contribution in [0.3, 0.4) is 0 Å². The van der Waals surface area contributed by atoms with Crippen LogP contribution in [0, 0.1) is 30.4 Å². The van der Waals surface area contributed by atoms with Crippen molar-refractivity contribution in [3.63, 3.8) is 0 Å². The van der Waals surface area contributed by atoms with Crippen LogP contribution in [0.4, 0.5) is 13.2 Å². The van der Waals surface area contributed by atoms with E-state index < -0.39 is 17.5 Å². The third-order valence-corrected chi connectivity index (χ3v) is 4.51. The quantitative estimate of drug-likeness (QED) is 0.424. The van der Waals surface area contributed by atoms with E-state index in [0.29, 0.717) is 16.5 Å². The van der Waals surface area contributed by atoms with Crippen molar-refractivity contribution >= 4 is 10.8 Å². The zero-order valence-corrected chi connectivity index (χ0v) is 19.9. The van der Waals surface area contributed by atoms with E-state index in [1.807, 2.05) is 19.1 Å². The Hall–Kier alpha value is -1.26. The Morgan fingerprint density at radius 2 is 1.30 bits per heavy atom. The molecule has 0 aliphatic heterocycles. The Labute approximate surface area is 204 Å². The molecule has 4 rings (SSSR count). The van der Waals surface area contributed by atoms with Crippen LogP contribution in [0.25, 0.3) is 33.0 Å². The van der Waals surface area contributed by atoms with Gasteiger partial charge in [0, 0.05) is 5.56 Å². The Kier molecular flexibility index (Phi) is 6.37. The van der Waals surface area contributed by atoms with E-state index in [9.17, 15) is 13.2 Å². The van der Waals surface area contributed by atoms with Crippen LogP contribution in [-0.2, 0) is 0 Å². The minimum absolute atomic E-state index is 0. The van der Waals surface area contributed by atoms with Crippen LogP contribution in [0.2, 0.25) is 0 Å². The van der Waals surface area contributed by atoms with Gasteiger partial charge in [0.2, 0.25) is 0 Å². The molecule has 0 atom stereocenters. The second-order valence-electron chi connectivity index (χ2n) is 6.23. The van der Waals surface area contributed by atoms with Crippen LogP contribution in [0.15, 0.2) is 66.7 Å². The Morgan fingerprint density at radius 1 is 0.667 bits per heavy atom. The van der Waals surface area contributed by atoms with Gasteiger partial charge in [-0.25, -0.2) is 13.2 Å². The second-order valence-corrected chi connectivity index (χ2v) is 6.23. The van der Waals surface area contributed by atoms with Crippen LogP contribution in [0.1, 0.15) is 5.56 Å². The number of aryl methyl sites for hydroxylation is 1. The molecule has 0 saturated carbocycles. The van der Waals surface area contributed by atoms with E-state index in [1.165, 1.54) is 6.07 Å². The molecular weight excluding hydrogens is 419 g/mol. The van der Waals surface area contributed by atoms with Crippen LogP contribution in [-0.4, -0.2) is 0 Å². The number of rotatable bonds is 2. The van der Waals surface area contributed by atoms with Gasteiger partial charge in [0.25, 0.3) is 0 Å². The van der Waals surface area contributed by atoms with Crippen LogP contribution in [0.5, 0.6) is 0 Å². The summed E-state index contributed by atoms with van der Waals surface area (Å²) in [5.41, 5.74) is 2.51. The third kappa shape index (κ3) is 3.84. The monoisotopic (exact) mass is 432 g/mol. The summed E-state index contributed by atoms with van der Waals surface area (Å²) in [6, 6.07) is 21.3. The molecule has 0 aromatic heterocycles. The molecule has 0 N–H and O–H groups in total. The Balaban J connectivity index is 0.00000210. The minimum atomic E-state index is -1.17. The van der Waals surface area contributed by atoms with E-state index in [-0.39, 0.29) is 74.7 Å². The van der Waals surface area contributed by atoms with Gasteiger partial charge in [0.15, 0.2) is 11.6 Å². The molecule has 4 aromatic rings. The van der Waals surface area contributed by atoms with Crippen LogP contribution < -0.4 is 58.2 Å². The summed E-state index contributed by atoms with van der Waals surface area (Å²) in [7, 11) is 0. The zero-order chi connectivity index (χ0) is 18.3. The molecule has 128 valence electrons. The first kappa shape index (κ1) is 20.5. The van der Waals surface area contributed by atoms with Gasteiger partial charge >= 0.3 is 58.2 Å². The summed E-state index contributed by atoms with van der Waals surface area (Å²) in [5, 5.41) is -0.00749. The van der Waals surface area contributed by atoms with Crippen molar-refractivity contribution in [3.05, 3.63) is 95.8 Å². The molecule has 0 bridgehead atoms. The summed E-state index contributed by atoms with van der Waals surface area (Å²) < 4.78 is 44.4. The van der Waals surface area contributed by atoms with Crippen molar-refractivity contribution < 1.29 is 71.4 Å². The first-order valence-corrected chi connectivity index (χ1v) is 8.20. The first-order chi connectivity index (χ1) is 12.6. The average molecular weight is 433 g/mol. The fraction of sp³-hybridized carbons (Fsp3) is 0.0435. The molecule has 0 spiro atoms. The maximum atomic E-state index is 15.0. The molecule has 0 aliphatic rings. The summed E-state index contributed by atoms with van der Waals surface area (Å²) in [6.07, 6.45) is 0. The number of hydrogen-bond donors (Lipinski definition) is 0. The molecule has 4 aromatic carbocycles. The molecule has 0 unspecified atom stereocenters. The molecule has 0 fully saturated rings. The maximum Gasteiger partial charge on any atom is 1.00 e. The Morgan fingerprint density at radius 3 is 1.96 bits per heavy atom. The molecule has 0 amide bonds. The predicted octanol–water partition coefficient (Wildman–Crippen LogP) is 3.70. The van der Waals surface area contributed by atoms with Gasteiger partial charge in [0.1, 0.15) is 5.82 Å². The third-order valence-electron chi connectivity index (χ3n) is 4.51. The van der Waals surface area contributed by atoms with Crippen molar-refractivity contribution in [2.45, 2.75) is 6.92 Å². The van der Waals surface area contributed by atoms with Gasteiger partial charge in [0.05, 0.1) is 5.39 Å². The standard InChI is InChI=1S/C23H14F3.Rb/c1-14-7-9-16(10-8-14)19-13-17-11-12-18(15-5-3-2-4-6-15)21(24)20(17)23(26)22(19)25;/h3-13H,1H3;/q-1;+1. The summed E-state index contributed by atoms with van der Waals surface area (Å²) in [6.45, 7) is 1.92. The minimum Gasteiger partial charge on any atom is -0.206 e. The second kappa shape index (κ2) is 8.40. The maximum absolute atomic E-state index is 15.0. The van der Waals surface area contributed by atoms with E-state index in [2.05, 4.69) is 6.07 Å². The number of benzene rings is 4. The number of fused-ring (bicyclic) bond motifs is 1. The summed E-state index contributed by atoms with van der Waals surface area (Å²) in [5.74, 6) is -2.97. The summed E-state index contributed by atoms with van der Waals surface area (Å²) in [4.78, 5) is 0. The SMILES string of the molecule is Cc1ccc(-c2cc3ccc(-c4cc[c-]cc4)c(F)c3c(F)c2F)cc1.[Rb+]. The Bertz CT molecular complexity index is 1100. The number of hydrogen-bond acceptors (Lipinski definition) is 0. The largest absolute Gasteiger partial charge is 1.00 e. The van der Waals surface area contributed by atoms with Gasteiger partial charge in [-0.3, -0.25) is 0 Å². The molecule has 0 heterocycles. The van der Waals surface area contributed by atoms with Gasteiger partial charge in [-0.15, -0.1) is 5.56 Å². The predicted molar refractivity (Wildman–Crippen MR) is 98.3 cm³/mol. The van der Waals surface area contributed by atoms with Gasteiger partial charge in [-0.2, -0.15) is 30.3 Å². The molecule has 0 saturated heterocycles. The fourth-order valence-electron chi connectivity index (χ4n) is 3.11. The first-order valence-electron chi connectivity index (χ1n) is 8.20. The van der Waals surface area contributed by atoms with E-state index >= 15 is 0 Å². The van der Waals surface area contributed by atoms with E-state index in [4.69, 9.17) is 0 Å². The number of halogens is 3. The molecule has 0 nitrogen and oxygen atoms in total. The van der Waals surface area contributed by atoms with Gasteiger partial charge < -0.3 is 0 Å². The van der Waals surface area contributed by atoms with Crippen molar-refractivity contribution in [1.82, 2.24) is 0 Å². The van der Waals surface area contributed by atoms with Crippen molar-refractivity contribution in [1.29, 1.82) is 0 Å². The van der Waals surface area contributed by atoms with Crippen molar-refractivity contribution in [2.75, 3.05) is 0 Å². The van der Waals surface area contributed by atoms with Crippen LogP contribution >= 0.6 is 0 Å². The van der Waals surface area contributed by atoms with Gasteiger partial charge in [-0.1, -0.05) is 42.0 Å². The molecule has 4 heteroatoms.